The van der Waals surface area contributed by atoms with Crippen molar-refractivity contribution in [1.29, 1.82) is 0 Å². The molecule has 2 N–H and O–H groups in total. The van der Waals surface area contributed by atoms with Gasteiger partial charge in [-0.1, -0.05) is 12.1 Å². The molecular weight excluding hydrogens is 319 g/mol. The molecular formula is C19H21FN4O. The Labute approximate surface area is 146 Å². The van der Waals surface area contributed by atoms with Crippen LogP contribution in [0.4, 0.5) is 14.9 Å². The lowest BCUT2D eigenvalue weighted by Crippen LogP contribution is -2.30. The van der Waals surface area contributed by atoms with Crippen LogP contribution < -0.4 is 10.6 Å². The fourth-order valence-corrected chi connectivity index (χ4v) is 3.61. The fourth-order valence-electron chi connectivity index (χ4n) is 3.61. The lowest BCUT2D eigenvalue weighted by molar-refractivity contribution is 0.212. The summed E-state index contributed by atoms with van der Waals surface area (Å²) in [5.41, 5.74) is 3.42. The first-order valence-corrected chi connectivity index (χ1v) is 8.68. The quantitative estimate of drug-likeness (QED) is 0.882. The van der Waals surface area contributed by atoms with Crippen molar-refractivity contribution in [3.63, 3.8) is 0 Å². The summed E-state index contributed by atoms with van der Waals surface area (Å²) in [5.74, 6) is 0.244. The molecule has 2 aromatic rings. The van der Waals surface area contributed by atoms with Gasteiger partial charge in [-0.2, -0.15) is 0 Å². The van der Waals surface area contributed by atoms with Crippen LogP contribution in [0.3, 0.4) is 0 Å². The Bertz CT molecular complexity index is 771. The van der Waals surface area contributed by atoms with Gasteiger partial charge in [0.05, 0.1) is 12.7 Å². The Kier molecular flexibility index (Phi) is 4.36. The predicted molar refractivity (Wildman–Crippen MR) is 93.7 cm³/mol. The third-order valence-corrected chi connectivity index (χ3v) is 5.06. The number of anilines is 1. The average Bonchev–Trinajstić information content (AvgIpc) is 3.09. The van der Waals surface area contributed by atoms with Crippen LogP contribution in [0.15, 0.2) is 36.7 Å². The molecule has 0 radical (unpaired) electrons. The SMILES string of the molecule is O=C(Nc1ccc(C2CCNCC2)cc1)N1Cc2cncc(F)c2C1. The number of rotatable bonds is 2. The van der Waals surface area contributed by atoms with E-state index in [-0.39, 0.29) is 18.4 Å². The molecule has 2 aliphatic heterocycles. The molecule has 2 aliphatic rings. The third kappa shape index (κ3) is 3.35. The summed E-state index contributed by atoms with van der Waals surface area (Å²) in [5, 5.41) is 6.27. The molecule has 5 nitrogen and oxygen atoms in total. The largest absolute Gasteiger partial charge is 0.322 e. The molecule has 0 bridgehead atoms. The summed E-state index contributed by atoms with van der Waals surface area (Å²) < 4.78 is 13.8. The van der Waals surface area contributed by atoms with Crippen LogP contribution in [0.2, 0.25) is 0 Å². The van der Waals surface area contributed by atoms with Crippen molar-refractivity contribution in [3.8, 4) is 0 Å². The highest BCUT2D eigenvalue weighted by atomic mass is 19.1. The van der Waals surface area contributed by atoms with E-state index in [0.29, 0.717) is 18.0 Å². The first-order chi connectivity index (χ1) is 12.2. The molecule has 0 aliphatic carbocycles. The second-order valence-corrected chi connectivity index (χ2v) is 6.69. The number of nitrogens with one attached hydrogen (secondary N) is 2. The van der Waals surface area contributed by atoms with Crippen LogP contribution in [0.25, 0.3) is 0 Å². The standard InChI is InChI=1S/C19H21FN4O/c20-18-10-22-9-15-11-24(12-17(15)18)19(25)23-16-3-1-13(2-4-16)14-5-7-21-8-6-14/h1-4,9-10,14,21H,5-8,11-12H2,(H,23,25). The van der Waals surface area contributed by atoms with Crippen LogP contribution in [0.5, 0.6) is 0 Å². The third-order valence-electron chi connectivity index (χ3n) is 5.06. The van der Waals surface area contributed by atoms with Gasteiger partial charge in [0.25, 0.3) is 0 Å². The van der Waals surface area contributed by atoms with Gasteiger partial charge in [0.1, 0.15) is 5.82 Å². The number of carbonyl (C=O) groups is 1. The van der Waals surface area contributed by atoms with Crippen molar-refractivity contribution in [2.24, 2.45) is 0 Å². The van der Waals surface area contributed by atoms with Crippen molar-refractivity contribution in [3.05, 3.63) is 59.2 Å². The summed E-state index contributed by atoms with van der Waals surface area (Å²) in [4.78, 5) is 17.9. The molecule has 0 atom stereocenters. The second kappa shape index (κ2) is 6.80. The van der Waals surface area contributed by atoms with E-state index in [0.717, 1.165) is 37.2 Å². The Morgan fingerprint density at radius 3 is 2.64 bits per heavy atom. The Hall–Kier alpha value is -2.47. The first kappa shape index (κ1) is 16.0. The number of nitrogens with zero attached hydrogens (tertiary/aromatic N) is 2. The van der Waals surface area contributed by atoms with Crippen molar-refractivity contribution < 1.29 is 9.18 Å². The maximum Gasteiger partial charge on any atom is 0.322 e. The number of amides is 2. The molecule has 1 fully saturated rings. The minimum Gasteiger partial charge on any atom is -0.317 e. The highest BCUT2D eigenvalue weighted by Crippen LogP contribution is 2.27. The van der Waals surface area contributed by atoms with Crippen LogP contribution in [-0.4, -0.2) is 29.0 Å². The lowest BCUT2D eigenvalue weighted by Gasteiger charge is -2.23. The highest BCUT2D eigenvalue weighted by Gasteiger charge is 2.26. The average molecular weight is 340 g/mol. The normalized spacial score (nSPS) is 17.4. The lowest BCUT2D eigenvalue weighted by atomic mass is 9.90. The topological polar surface area (TPSA) is 57.3 Å². The zero-order valence-electron chi connectivity index (χ0n) is 14.0. The monoisotopic (exact) mass is 340 g/mol. The number of piperidine rings is 1. The van der Waals surface area contributed by atoms with Crippen molar-refractivity contribution in [1.82, 2.24) is 15.2 Å². The van der Waals surface area contributed by atoms with E-state index in [4.69, 9.17) is 0 Å². The van der Waals surface area contributed by atoms with Gasteiger partial charge in [-0.25, -0.2) is 9.18 Å². The van der Waals surface area contributed by atoms with E-state index in [9.17, 15) is 9.18 Å². The molecule has 0 saturated carbocycles. The first-order valence-electron chi connectivity index (χ1n) is 8.68. The van der Waals surface area contributed by atoms with Gasteiger partial charge in [-0.15, -0.1) is 0 Å². The summed E-state index contributed by atoms with van der Waals surface area (Å²) >= 11 is 0. The van der Waals surface area contributed by atoms with Crippen LogP contribution in [0, 0.1) is 5.82 Å². The maximum atomic E-state index is 13.8. The molecule has 1 aromatic heterocycles. The van der Waals surface area contributed by atoms with E-state index < -0.39 is 0 Å². The summed E-state index contributed by atoms with van der Waals surface area (Å²) in [7, 11) is 0. The van der Waals surface area contributed by atoms with E-state index >= 15 is 0 Å². The van der Waals surface area contributed by atoms with Gasteiger partial charge in [-0.3, -0.25) is 4.98 Å². The van der Waals surface area contributed by atoms with Crippen molar-refractivity contribution in [2.45, 2.75) is 31.8 Å². The number of fused-ring (bicyclic) bond motifs is 1. The van der Waals surface area contributed by atoms with Crippen LogP contribution in [-0.2, 0) is 13.1 Å². The molecule has 1 saturated heterocycles. The van der Waals surface area contributed by atoms with Gasteiger partial charge in [0.2, 0.25) is 0 Å². The number of aromatic nitrogens is 1. The molecule has 25 heavy (non-hydrogen) atoms. The van der Waals surface area contributed by atoms with E-state index in [1.165, 1.54) is 11.8 Å². The molecule has 0 spiro atoms. The second-order valence-electron chi connectivity index (χ2n) is 6.69. The maximum absolute atomic E-state index is 13.8. The van der Waals surface area contributed by atoms with Crippen LogP contribution in [0.1, 0.15) is 35.4 Å². The molecule has 6 heteroatoms. The van der Waals surface area contributed by atoms with Gasteiger partial charge in [0.15, 0.2) is 0 Å². The zero-order valence-corrected chi connectivity index (χ0v) is 14.0. The number of pyridine rings is 1. The van der Waals surface area contributed by atoms with E-state index in [2.05, 4.69) is 27.8 Å². The molecule has 4 rings (SSSR count). The van der Waals surface area contributed by atoms with E-state index in [1.807, 2.05) is 12.1 Å². The number of halogens is 1. The number of hydrogen-bond acceptors (Lipinski definition) is 3. The number of urea groups is 1. The number of hydrogen-bond donors (Lipinski definition) is 2. The fraction of sp³-hybridized carbons (Fsp3) is 0.368. The van der Waals surface area contributed by atoms with Crippen LogP contribution >= 0.6 is 0 Å². The van der Waals surface area contributed by atoms with Gasteiger partial charge in [0, 0.05) is 24.0 Å². The molecule has 0 unspecified atom stereocenters. The van der Waals surface area contributed by atoms with Gasteiger partial charge in [-0.05, 0) is 55.1 Å². The summed E-state index contributed by atoms with van der Waals surface area (Å²) in [6, 6.07) is 7.86. The van der Waals surface area contributed by atoms with E-state index in [1.54, 1.807) is 11.1 Å². The molecule has 130 valence electrons. The minimum atomic E-state index is -0.348. The summed E-state index contributed by atoms with van der Waals surface area (Å²) in [6.45, 7) is 2.79. The number of benzene rings is 1. The zero-order chi connectivity index (χ0) is 17.2. The van der Waals surface area contributed by atoms with Crippen molar-refractivity contribution in [2.75, 3.05) is 18.4 Å². The smallest absolute Gasteiger partial charge is 0.317 e. The molecule has 2 amide bonds. The molecule has 3 heterocycles. The van der Waals surface area contributed by atoms with Crippen molar-refractivity contribution >= 4 is 11.7 Å². The highest BCUT2D eigenvalue weighted by molar-refractivity contribution is 5.89. The number of carbonyl (C=O) groups excluding carboxylic acids is 1. The van der Waals surface area contributed by atoms with Gasteiger partial charge >= 0.3 is 6.03 Å². The summed E-state index contributed by atoms with van der Waals surface area (Å²) in [6.07, 6.45) is 5.12. The Morgan fingerprint density at radius 1 is 1.16 bits per heavy atom. The Balaban J connectivity index is 1.39. The minimum absolute atomic E-state index is 0.217. The predicted octanol–water partition coefficient (Wildman–Crippen LogP) is 3.24. The van der Waals surface area contributed by atoms with Gasteiger partial charge < -0.3 is 15.5 Å². The Morgan fingerprint density at radius 2 is 1.92 bits per heavy atom. The molecule has 1 aromatic carbocycles.